The lowest BCUT2D eigenvalue weighted by Crippen LogP contribution is -1.92. The van der Waals surface area contributed by atoms with Crippen LogP contribution in [-0.2, 0) is 0 Å². The summed E-state index contributed by atoms with van der Waals surface area (Å²) in [6, 6.07) is 56.2. The van der Waals surface area contributed by atoms with Crippen molar-refractivity contribution in [3.8, 4) is 76.9 Å². The van der Waals surface area contributed by atoms with Gasteiger partial charge in [-0.25, -0.2) is 0 Å². The van der Waals surface area contributed by atoms with E-state index in [1.807, 2.05) is 34.0 Å². The Hall–Kier alpha value is -5.46. The molecule has 0 fully saturated rings. The third-order valence-corrected chi connectivity index (χ3v) is 13.2. The van der Waals surface area contributed by atoms with Gasteiger partial charge in [-0.3, -0.25) is 0 Å². The third-order valence-electron chi connectivity index (χ3n) is 9.35. The molecule has 0 aliphatic heterocycles. The number of thiophene rings is 3. The fourth-order valence-electron chi connectivity index (χ4n) is 6.96. The first-order chi connectivity index (χ1) is 25.2. The van der Waals surface area contributed by atoms with Gasteiger partial charge in [-0.15, -0.1) is 34.0 Å². The highest BCUT2D eigenvalue weighted by atomic mass is 32.1. The molecule has 51 heavy (non-hydrogen) atoms. The van der Waals surface area contributed by atoms with Crippen molar-refractivity contribution < 1.29 is 9.47 Å². The molecule has 0 saturated heterocycles. The highest BCUT2D eigenvalue weighted by Crippen LogP contribution is 2.53. The molecule has 5 heteroatoms. The Balaban J connectivity index is 1.27. The molecule has 9 rings (SSSR count). The van der Waals surface area contributed by atoms with E-state index in [4.69, 9.17) is 9.47 Å². The molecule has 0 unspecified atom stereocenters. The lowest BCUT2D eigenvalue weighted by Gasteiger charge is -2.17. The van der Waals surface area contributed by atoms with Gasteiger partial charge in [-0.2, -0.15) is 0 Å². The fraction of sp³-hybridized carbons (Fsp3) is 0.0435. The minimum Gasteiger partial charge on any atom is -0.497 e. The van der Waals surface area contributed by atoms with Crippen LogP contribution in [-0.4, -0.2) is 14.2 Å². The monoisotopic (exact) mass is 712 g/mol. The summed E-state index contributed by atoms with van der Waals surface area (Å²) >= 11 is 5.67. The summed E-state index contributed by atoms with van der Waals surface area (Å²) in [6.07, 6.45) is 0. The van der Waals surface area contributed by atoms with Crippen LogP contribution in [0.25, 0.3) is 84.2 Å². The number of benzene rings is 6. The van der Waals surface area contributed by atoms with Crippen molar-refractivity contribution in [2.24, 2.45) is 0 Å². The Morgan fingerprint density at radius 3 is 0.922 bits per heavy atom. The lowest BCUT2D eigenvalue weighted by molar-refractivity contribution is 0.415. The topological polar surface area (TPSA) is 18.5 Å². The maximum absolute atomic E-state index is 5.87. The average molecular weight is 713 g/mol. The molecule has 3 heterocycles. The molecule has 0 atom stereocenters. The highest BCUT2D eigenvalue weighted by molar-refractivity contribution is 7.40. The molecule has 9 aromatic rings. The predicted octanol–water partition coefficient (Wildman–Crippen LogP) is 14.2. The number of hydrogen-bond donors (Lipinski definition) is 0. The van der Waals surface area contributed by atoms with Crippen molar-refractivity contribution in [2.45, 2.75) is 0 Å². The van der Waals surface area contributed by atoms with Crippen LogP contribution < -0.4 is 9.47 Å². The predicted molar refractivity (Wildman–Crippen MR) is 221 cm³/mol. The van der Waals surface area contributed by atoms with Crippen molar-refractivity contribution in [1.82, 2.24) is 0 Å². The molecule has 0 saturated carbocycles. The second kappa shape index (κ2) is 13.3. The zero-order valence-electron chi connectivity index (χ0n) is 28.1. The molecule has 0 N–H and O–H groups in total. The minimum atomic E-state index is 0.850. The fourth-order valence-corrected chi connectivity index (χ4v) is 11.1. The van der Waals surface area contributed by atoms with Crippen LogP contribution in [0.4, 0.5) is 0 Å². The van der Waals surface area contributed by atoms with Crippen molar-refractivity contribution in [2.75, 3.05) is 14.2 Å². The third kappa shape index (κ3) is 5.74. The van der Waals surface area contributed by atoms with Crippen LogP contribution in [0.3, 0.4) is 0 Å². The van der Waals surface area contributed by atoms with Gasteiger partial charge in [0, 0.05) is 30.3 Å². The first-order valence-corrected chi connectivity index (χ1v) is 19.3. The first-order valence-electron chi connectivity index (χ1n) is 16.8. The van der Waals surface area contributed by atoms with Gasteiger partial charge < -0.3 is 9.47 Å². The standard InChI is InChI=1S/C46H32O2S3/c1-47-33-23-35(29-15-7-3-8-16-29)43(36(24-33)30-17-9-4-10-18-30)39-27-41-45(50-39)46-42(49-41)28-40(51-46)44-37(31-19-11-5-12-20-31)25-34(48-2)26-38(44)32-21-13-6-14-22-32/h3-28H,1-2H3. The smallest absolute Gasteiger partial charge is 0.120 e. The zero-order valence-corrected chi connectivity index (χ0v) is 30.5. The van der Waals surface area contributed by atoms with E-state index in [0.29, 0.717) is 0 Å². The Morgan fingerprint density at radius 2 is 0.647 bits per heavy atom. The second-order valence-corrected chi connectivity index (χ2v) is 15.6. The van der Waals surface area contributed by atoms with E-state index in [9.17, 15) is 0 Å². The van der Waals surface area contributed by atoms with E-state index in [0.717, 1.165) is 11.5 Å². The zero-order chi connectivity index (χ0) is 34.3. The van der Waals surface area contributed by atoms with Crippen LogP contribution in [0, 0.1) is 0 Å². The largest absolute Gasteiger partial charge is 0.497 e. The Labute approximate surface area is 309 Å². The molecule has 0 aliphatic carbocycles. The van der Waals surface area contributed by atoms with Gasteiger partial charge in [-0.05, 0) is 80.9 Å². The average Bonchev–Trinajstić information content (AvgIpc) is 3.89. The van der Waals surface area contributed by atoms with E-state index in [1.54, 1.807) is 14.2 Å². The van der Waals surface area contributed by atoms with Crippen molar-refractivity contribution in [3.05, 3.63) is 158 Å². The molecule has 0 aliphatic rings. The molecular formula is C46H32O2S3. The maximum atomic E-state index is 5.87. The number of rotatable bonds is 8. The molecular weight excluding hydrogens is 681 g/mol. The van der Waals surface area contributed by atoms with Crippen molar-refractivity contribution >= 4 is 52.8 Å². The molecule has 0 spiro atoms. The Kier molecular flexibility index (Phi) is 8.25. The van der Waals surface area contributed by atoms with Gasteiger partial charge in [0.05, 0.1) is 23.6 Å². The molecule has 0 bridgehead atoms. The van der Waals surface area contributed by atoms with Gasteiger partial charge >= 0.3 is 0 Å². The van der Waals surface area contributed by atoms with Gasteiger partial charge in [0.25, 0.3) is 0 Å². The number of methoxy groups -OCH3 is 2. The van der Waals surface area contributed by atoms with Gasteiger partial charge in [-0.1, -0.05) is 121 Å². The molecule has 246 valence electrons. The highest BCUT2D eigenvalue weighted by Gasteiger charge is 2.23. The van der Waals surface area contributed by atoms with Crippen LogP contribution >= 0.6 is 34.0 Å². The van der Waals surface area contributed by atoms with E-state index < -0.39 is 0 Å². The minimum absolute atomic E-state index is 0.850. The molecule has 3 aromatic heterocycles. The number of ether oxygens (including phenoxy) is 2. The SMILES string of the molecule is COc1cc(-c2ccccc2)c(-c2cc3sc4cc(-c5c(-c6ccccc6)cc(OC)cc5-c5ccccc5)sc4c3s2)c(-c2ccccc2)c1. The number of fused-ring (bicyclic) bond motifs is 3. The van der Waals surface area contributed by atoms with Crippen molar-refractivity contribution in [3.63, 3.8) is 0 Å². The summed E-state index contributed by atoms with van der Waals surface area (Å²) < 4.78 is 17.1. The van der Waals surface area contributed by atoms with E-state index in [1.165, 1.54) is 84.2 Å². The summed E-state index contributed by atoms with van der Waals surface area (Å²) in [5.41, 5.74) is 11.8. The lowest BCUT2D eigenvalue weighted by atomic mass is 9.90. The van der Waals surface area contributed by atoms with Gasteiger partial charge in [0.2, 0.25) is 0 Å². The molecule has 2 nitrogen and oxygen atoms in total. The van der Waals surface area contributed by atoms with E-state index in [-0.39, 0.29) is 0 Å². The van der Waals surface area contributed by atoms with Crippen LogP contribution in [0.2, 0.25) is 0 Å². The van der Waals surface area contributed by atoms with E-state index in [2.05, 4.69) is 158 Å². The summed E-state index contributed by atoms with van der Waals surface area (Å²) in [6.45, 7) is 0. The maximum Gasteiger partial charge on any atom is 0.120 e. The van der Waals surface area contributed by atoms with Crippen LogP contribution in [0.15, 0.2) is 158 Å². The first kappa shape index (κ1) is 31.5. The Morgan fingerprint density at radius 1 is 0.353 bits per heavy atom. The summed E-state index contributed by atoms with van der Waals surface area (Å²) in [7, 11) is 3.50. The molecule has 0 radical (unpaired) electrons. The summed E-state index contributed by atoms with van der Waals surface area (Å²) in [4.78, 5) is 2.51. The summed E-state index contributed by atoms with van der Waals surface area (Å²) in [5, 5.41) is 0. The summed E-state index contributed by atoms with van der Waals surface area (Å²) in [5.74, 6) is 1.70. The van der Waals surface area contributed by atoms with E-state index >= 15 is 0 Å². The molecule has 6 aromatic carbocycles. The van der Waals surface area contributed by atoms with Gasteiger partial charge in [0.15, 0.2) is 0 Å². The van der Waals surface area contributed by atoms with Gasteiger partial charge in [0.1, 0.15) is 11.5 Å². The normalized spacial score (nSPS) is 11.3. The number of hydrogen-bond acceptors (Lipinski definition) is 5. The second-order valence-electron chi connectivity index (χ2n) is 12.4. The van der Waals surface area contributed by atoms with Crippen LogP contribution in [0.5, 0.6) is 11.5 Å². The van der Waals surface area contributed by atoms with Crippen LogP contribution in [0.1, 0.15) is 0 Å². The quantitative estimate of drug-likeness (QED) is 0.156. The van der Waals surface area contributed by atoms with Crippen molar-refractivity contribution in [1.29, 1.82) is 0 Å². The Bertz CT molecular complexity index is 2330. The molecule has 0 amide bonds.